The number of carboxylic acids is 1. The van der Waals surface area contributed by atoms with Gasteiger partial charge in [0, 0.05) is 6.42 Å². The van der Waals surface area contributed by atoms with Crippen molar-refractivity contribution in [3.63, 3.8) is 0 Å². The summed E-state index contributed by atoms with van der Waals surface area (Å²) in [5.74, 6) is -0.711. The molecule has 16 heavy (non-hydrogen) atoms. The second-order valence-corrected chi connectivity index (χ2v) is 3.96. The van der Waals surface area contributed by atoms with Crippen LogP contribution in [0.15, 0.2) is 0 Å². The maximum absolute atomic E-state index is 9.60. The van der Waals surface area contributed by atoms with Crippen molar-refractivity contribution in [1.29, 1.82) is 0 Å². The minimum absolute atomic E-state index is 0.0779. The van der Waals surface area contributed by atoms with Crippen molar-refractivity contribution in [3.8, 4) is 0 Å². The molecule has 98 valence electrons. The molecule has 0 rings (SSSR count). The topological polar surface area (TPSA) is 76.0 Å². The summed E-state index contributed by atoms with van der Waals surface area (Å²) in [6, 6.07) is 0. The van der Waals surface area contributed by atoms with Gasteiger partial charge in [0.25, 0.3) is 0 Å². The Morgan fingerprint density at radius 3 is 2.25 bits per heavy atom. The van der Waals surface area contributed by atoms with Gasteiger partial charge in [-0.3, -0.25) is 4.79 Å². The van der Waals surface area contributed by atoms with Gasteiger partial charge in [-0.15, -0.1) is 12.6 Å². The van der Waals surface area contributed by atoms with Crippen LogP contribution < -0.4 is 0 Å². The quantitative estimate of drug-likeness (QED) is 0.320. The molecule has 0 fully saturated rings. The summed E-state index contributed by atoms with van der Waals surface area (Å²) in [7, 11) is 0. The number of aliphatic hydroxyl groups excluding tert-OH is 1. The van der Waals surface area contributed by atoms with E-state index in [1.54, 1.807) is 6.92 Å². The molecule has 0 aromatic rings. The molecule has 2 atom stereocenters. The van der Waals surface area contributed by atoms with Crippen LogP contribution in [0, 0.1) is 0 Å². The molecule has 0 spiro atoms. The van der Waals surface area contributed by atoms with Gasteiger partial charge in [-0.05, 0) is 26.3 Å². The molecule has 7 heteroatoms. The highest BCUT2D eigenvalue weighted by Gasteiger charge is 2.08. The average Bonchev–Trinajstić information content (AvgIpc) is 2.17. The van der Waals surface area contributed by atoms with Crippen LogP contribution in [0.25, 0.3) is 0 Å². The summed E-state index contributed by atoms with van der Waals surface area (Å²) in [6.07, 6.45) is 0.694. The number of rotatable bonds is 7. The lowest BCUT2D eigenvalue weighted by atomic mass is 10.4. The average molecular weight is 272 g/mol. The summed E-state index contributed by atoms with van der Waals surface area (Å²) >= 11 is 7.49. The van der Waals surface area contributed by atoms with Gasteiger partial charge in [-0.25, -0.2) is 0 Å². The predicted molar refractivity (Wildman–Crippen MR) is 67.9 cm³/mol. The van der Waals surface area contributed by atoms with Crippen LogP contribution in [0.2, 0.25) is 0 Å². The van der Waals surface area contributed by atoms with Crippen molar-refractivity contribution in [2.45, 2.75) is 38.2 Å². The number of hydrogen-bond donors (Lipinski definition) is 4. The fourth-order valence-corrected chi connectivity index (χ4v) is 1.05. The van der Waals surface area contributed by atoms with E-state index in [0.29, 0.717) is 6.42 Å². The van der Waals surface area contributed by atoms with E-state index in [-0.39, 0.29) is 24.8 Å². The summed E-state index contributed by atoms with van der Waals surface area (Å²) in [5, 5.41) is 16.5. The van der Waals surface area contributed by atoms with E-state index in [4.69, 9.17) is 14.9 Å². The molecular weight excluding hydrogens is 252 g/mol. The molecule has 0 aromatic heterocycles. The van der Waals surface area contributed by atoms with E-state index in [9.17, 15) is 4.79 Å². The molecule has 0 aromatic carbocycles. The van der Waals surface area contributed by atoms with Gasteiger partial charge < -0.3 is 19.1 Å². The number of aliphatic carboxylic acids is 1. The molecule has 0 aliphatic heterocycles. The Balaban J connectivity index is 0. The first-order valence-corrected chi connectivity index (χ1v) is 5.78. The van der Waals surface area contributed by atoms with Crippen LogP contribution in [-0.4, -0.2) is 40.9 Å². The van der Waals surface area contributed by atoms with Gasteiger partial charge in [0.05, 0.1) is 18.6 Å². The van der Waals surface area contributed by atoms with Gasteiger partial charge in [-0.2, -0.15) is 0 Å². The normalized spacial score (nSPS) is 13.6. The van der Waals surface area contributed by atoms with E-state index >= 15 is 0 Å². The number of aliphatic hydroxyl groups is 1. The number of hydrogen-bond acceptors (Lipinski definition) is 6. The van der Waals surface area contributed by atoms with Gasteiger partial charge in [0.1, 0.15) is 6.10 Å². The lowest BCUT2D eigenvalue weighted by Crippen LogP contribution is -2.24. The van der Waals surface area contributed by atoms with Crippen molar-refractivity contribution in [1.82, 2.24) is 0 Å². The Morgan fingerprint density at radius 2 is 2.06 bits per heavy atom. The molecule has 2 unspecified atom stereocenters. The third kappa shape index (κ3) is 16.5. The summed E-state index contributed by atoms with van der Waals surface area (Å²) in [6.45, 7) is 3.80. The van der Waals surface area contributed by atoms with Crippen LogP contribution in [-0.2, 0) is 13.7 Å². The Labute approximate surface area is 107 Å². The number of carboxylic acid groups (broad SMARTS) is 1. The van der Waals surface area contributed by atoms with Crippen molar-refractivity contribution in [3.05, 3.63) is 0 Å². The minimum Gasteiger partial charge on any atom is -0.481 e. The molecule has 5 nitrogen and oxygen atoms in total. The molecule has 0 saturated heterocycles. The Bertz CT molecular complexity index is 166. The lowest BCUT2D eigenvalue weighted by molar-refractivity contribution is -0.137. The zero-order valence-corrected chi connectivity index (χ0v) is 11.3. The zero-order valence-electron chi connectivity index (χ0n) is 9.50. The first kappa shape index (κ1) is 18.4. The molecular formula is C9H20O5S2. The smallest absolute Gasteiger partial charge is 0.303 e. The van der Waals surface area contributed by atoms with Gasteiger partial charge in [0.2, 0.25) is 0 Å². The van der Waals surface area contributed by atoms with Crippen molar-refractivity contribution >= 4 is 31.5 Å². The molecule has 0 saturated carbocycles. The molecule has 0 aliphatic rings. The number of carbonyl (C=O) groups is 1. The second kappa shape index (κ2) is 13.1. The molecule has 0 bridgehead atoms. The third-order valence-electron chi connectivity index (χ3n) is 1.32. The molecule has 0 aliphatic carbocycles. The van der Waals surface area contributed by atoms with E-state index in [2.05, 4.69) is 29.7 Å². The monoisotopic (exact) mass is 272 g/mol. The summed E-state index contributed by atoms with van der Waals surface area (Å²) in [4.78, 5) is 9.60. The first-order valence-electron chi connectivity index (χ1n) is 4.90. The minimum atomic E-state index is -0.711. The van der Waals surface area contributed by atoms with Crippen molar-refractivity contribution in [2.24, 2.45) is 0 Å². The predicted octanol–water partition coefficient (Wildman–Crippen LogP) is 1.37. The van der Waals surface area contributed by atoms with Crippen molar-refractivity contribution < 1.29 is 23.9 Å². The van der Waals surface area contributed by atoms with Crippen LogP contribution >= 0.6 is 25.5 Å². The van der Waals surface area contributed by atoms with Gasteiger partial charge in [0.15, 0.2) is 0 Å². The Morgan fingerprint density at radius 1 is 1.50 bits per heavy atom. The molecule has 0 radical (unpaired) electrons. The van der Waals surface area contributed by atoms with Crippen LogP contribution in [0.3, 0.4) is 0 Å². The van der Waals surface area contributed by atoms with E-state index in [1.165, 1.54) is 0 Å². The summed E-state index contributed by atoms with van der Waals surface area (Å²) < 4.78 is 9.55. The highest BCUT2D eigenvalue weighted by atomic mass is 32.1. The zero-order chi connectivity index (χ0) is 13.0. The Hall–Kier alpha value is 0.0500. The fraction of sp³-hybridized carbons (Fsp3) is 0.889. The fourth-order valence-electron chi connectivity index (χ4n) is 0.711. The van der Waals surface area contributed by atoms with E-state index < -0.39 is 5.97 Å². The van der Waals surface area contributed by atoms with Gasteiger partial charge in [-0.1, -0.05) is 6.92 Å². The largest absolute Gasteiger partial charge is 0.481 e. The molecule has 2 N–H and O–H groups in total. The number of ether oxygens (including phenoxy) is 1. The lowest BCUT2D eigenvalue weighted by Gasteiger charge is -2.15. The van der Waals surface area contributed by atoms with Crippen LogP contribution in [0.1, 0.15) is 26.7 Å². The molecule has 0 amide bonds. The first-order chi connectivity index (χ1) is 7.47. The van der Waals surface area contributed by atoms with E-state index in [0.717, 1.165) is 6.42 Å². The van der Waals surface area contributed by atoms with E-state index in [1.807, 2.05) is 6.92 Å². The highest BCUT2D eigenvalue weighted by Crippen LogP contribution is 2.02. The van der Waals surface area contributed by atoms with Crippen LogP contribution in [0.4, 0.5) is 0 Å². The summed E-state index contributed by atoms with van der Waals surface area (Å²) in [5.41, 5.74) is -0.194. The molecule has 0 heterocycles. The highest BCUT2D eigenvalue weighted by molar-refractivity contribution is 7.80. The Kier molecular flexibility index (Phi) is 15.1. The third-order valence-corrected chi connectivity index (χ3v) is 1.59. The maximum Gasteiger partial charge on any atom is 0.303 e. The SMILES string of the molecule is CC(S)OC(CO)COS.CCCC(=O)O. The second-order valence-electron chi connectivity index (χ2n) is 2.98. The number of thiol groups is 2. The van der Waals surface area contributed by atoms with Crippen molar-refractivity contribution in [2.75, 3.05) is 13.2 Å². The maximum atomic E-state index is 9.60. The van der Waals surface area contributed by atoms with Crippen LogP contribution in [0.5, 0.6) is 0 Å². The standard InChI is InChI=1S/C5H12O3S2.C4H8O2/c1-4(9)8-5(2-6)3-7-10;1-2-3-4(5)6/h4-6,9-10H,2-3H2,1H3;2-3H2,1H3,(H,5,6). The van der Waals surface area contributed by atoms with Gasteiger partial charge >= 0.3 is 5.97 Å².